The lowest BCUT2D eigenvalue weighted by atomic mass is 10.1. The zero-order chi connectivity index (χ0) is 13.5. The summed E-state index contributed by atoms with van der Waals surface area (Å²) in [6.07, 6.45) is 1.60. The van der Waals surface area contributed by atoms with Gasteiger partial charge in [0.15, 0.2) is 0 Å². The average molecular weight is 279 g/mol. The summed E-state index contributed by atoms with van der Waals surface area (Å²) in [4.78, 5) is 25.8. The molecule has 1 saturated heterocycles. The normalized spacial score (nSPS) is 25.1. The van der Waals surface area contributed by atoms with E-state index in [9.17, 15) is 9.59 Å². The molecule has 1 heterocycles. The molecule has 1 unspecified atom stereocenters. The first-order valence-corrected chi connectivity index (χ1v) is 6.83. The Morgan fingerprint density at radius 3 is 2.58 bits per heavy atom. The quantitative estimate of drug-likeness (QED) is 0.829. The molecule has 100 valence electrons. The average Bonchev–Trinajstić information content (AvgIpc) is 3.23. The fourth-order valence-electron chi connectivity index (χ4n) is 2.64. The van der Waals surface area contributed by atoms with Crippen LogP contribution in [0.15, 0.2) is 30.3 Å². The molecule has 1 aromatic carbocycles. The van der Waals surface area contributed by atoms with Gasteiger partial charge < -0.3 is 10.2 Å². The van der Waals surface area contributed by atoms with Crippen molar-refractivity contribution in [2.45, 2.75) is 30.3 Å². The van der Waals surface area contributed by atoms with Crippen molar-refractivity contribution in [2.75, 3.05) is 6.54 Å². The SMILES string of the molecule is O=C1NCC(=O)N(Cc2ccccc2)C2(CC2)C1Cl. The van der Waals surface area contributed by atoms with Gasteiger partial charge in [0.05, 0.1) is 12.1 Å². The summed E-state index contributed by atoms with van der Waals surface area (Å²) >= 11 is 6.25. The minimum atomic E-state index is -0.650. The summed E-state index contributed by atoms with van der Waals surface area (Å²) in [6, 6.07) is 9.78. The van der Waals surface area contributed by atoms with Crippen LogP contribution < -0.4 is 5.32 Å². The topological polar surface area (TPSA) is 49.4 Å². The van der Waals surface area contributed by atoms with Gasteiger partial charge in [0, 0.05) is 6.54 Å². The highest BCUT2D eigenvalue weighted by atomic mass is 35.5. The van der Waals surface area contributed by atoms with Crippen LogP contribution in [0.25, 0.3) is 0 Å². The van der Waals surface area contributed by atoms with Crippen LogP contribution in [0.4, 0.5) is 0 Å². The molecular weight excluding hydrogens is 264 g/mol. The Morgan fingerprint density at radius 2 is 1.95 bits per heavy atom. The third kappa shape index (κ3) is 2.10. The third-order valence-corrected chi connectivity index (χ3v) is 4.50. The summed E-state index contributed by atoms with van der Waals surface area (Å²) in [6.45, 7) is 0.550. The number of hydrogen-bond donors (Lipinski definition) is 1. The van der Waals surface area contributed by atoms with Crippen LogP contribution in [0.2, 0.25) is 0 Å². The van der Waals surface area contributed by atoms with Gasteiger partial charge >= 0.3 is 0 Å². The monoisotopic (exact) mass is 278 g/mol. The second-order valence-corrected chi connectivity index (χ2v) is 5.59. The highest BCUT2D eigenvalue weighted by Gasteiger charge is 2.58. The summed E-state index contributed by atoms with van der Waals surface area (Å²) in [7, 11) is 0. The first-order chi connectivity index (χ1) is 9.13. The molecule has 1 aromatic rings. The minimum Gasteiger partial charge on any atom is -0.346 e. The van der Waals surface area contributed by atoms with Crippen LogP contribution in [0, 0.1) is 0 Å². The van der Waals surface area contributed by atoms with Crippen molar-refractivity contribution in [1.82, 2.24) is 10.2 Å². The fourth-order valence-corrected chi connectivity index (χ4v) is 3.05. The van der Waals surface area contributed by atoms with Gasteiger partial charge in [-0.25, -0.2) is 0 Å². The predicted molar refractivity (Wildman–Crippen MR) is 71.6 cm³/mol. The molecule has 0 aromatic heterocycles. The molecule has 1 aliphatic heterocycles. The predicted octanol–water partition coefficient (Wildman–Crippen LogP) is 1.28. The Hall–Kier alpha value is -1.55. The number of alkyl halides is 1. The van der Waals surface area contributed by atoms with E-state index in [0.717, 1.165) is 18.4 Å². The van der Waals surface area contributed by atoms with Gasteiger partial charge in [-0.05, 0) is 18.4 Å². The Bertz CT molecular complexity index is 513. The smallest absolute Gasteiger partial charge is 0.242 e. The second-order valence-electron chi connectivity index (χ2n) is 5.15. The van der Waals surface area contributed by atoms with Gasteiger partial charge in [-0.3, -0.25) is 9.59 Å². The van der Waals surface area contributed by atoms with Gasteiger partial charge in [0.1, 0.15) is 5.38 Å². The standard InChI is InChI=1S/C14H15ClN2O2/c15-12-13(19)16-8-11(18)17(14(12)6-7-14)9-10-4-2-1-3-5-10/h1-5,12H,6-9H2,(H,16,19). The van der Waals surface area contributed by atoms with Crippen LogP contribution in [0.5, 0.6) is 0 Å². The van der Waals surface area contributed by atoms with E-state index in [-0.39, 0.29) is 18.4 Å². The first-order valence-electron chi connectivity index (χ1n) is 6.40. The number of hydrogen-bond acceptors (Lipinski definition) is 2. The fraction of sp³-hybridized carbons (Fsp3) is 0.429. The molecule has 4 nitrogen and oxygen atoms in total. The lowest BCUT2D eigenvalue weighted by molar-refractivity contribution is -0.133. The summed E-state index contributed by atoms with van der Waals surface area (Å²) < 4.78 is 0. The first kappa shape index (κ1) is 12.5. The number of carbonyl (C=O) groups excluding carboxylic acids is 2. The van der Waals surface area contributed by atoms with E-state index in [4.69, 9.17) is 11.6 Å². The van der Waals surface area contributed by atoms with Crippen molar-refractivity contribution >= 4 is 23.4 Å². The Morgan fingerprint density at radius 1 is 1.26 bits per heavy atom. The van der Waals surface area contributed by atoms with Crippen LogP contribution >= 0.6 is 11.6 Å². The van der Waals surface area contributed by atoms with Gasteiger partial charge in [-0.1, -0.05) is 30.3 Å². The molecule has 1 N–H and O–H groups in total. The molecular formula is C14H15ClN2O2. The van der Waals surface area contributed by atoms with Crippen molar-refractivity contribution in [3.8, 4) is 0 Å². The molecule has 19 heavy (non-hydrogen) atoms. The van der Waals surface area contributed by atoms with E-state index < -0.39 is 10.9 Å². The maximum absolute atomic E-state index is 12.2. The van der Waals surface area contributed by atoms with E-state index in [1.807, 2.05) is 30.3 Å². The Balaban J connectivity index is 1.89. The molecule has 1 aliphatic carbocycles. The van der Waals surface area contributed by atoms with Crippen LogP contribution in [-0.2, 0) is 16.1 Å². The maximum Gasteiger partial charge on any atom is 0.242 e. The number of nitrogens with zero attached hydrogens (tertiary/aromatic N) is 1. The van der Waals surface area contributed by atoms with E-state index in [0.29, 0.717) is 6.54 Å². The molecule has 0 radical (unpaired) electrons. The van der Waals surface area contributed by atoms with Crippen LogP contribution in [-0.4, -0.2) is 34.2 Å². The molecule has 3 rings (SSSR count). The lowest BCUT2D eigenvalue weighted by Gasteiger charge is -2.31. The van der Waals surface area contributed by atoms with Crippen LogP contribution in [0.1, 0.15) is 18.4 Å². The van der Waals surface area contributed by atoms with Crippen molar-refractivity contribution in [3.05, 3.63) is 35.9 Å². The van der Waals surface area contributed by atoms with Crippen molar-refractivity contribution in [2.24, 2.45) is 0 Å². The molecule has 2 fully saturated rings. The summed E-state index contributed by atoms with van der Waals surface area (Å²) in [5.41, 5.74) is 0.579. The number of nitrogens with one attached hydrogen (secondary N) is 1. The highest BCUT2D eigenvalue weighted by Crippen LogP contribution is 2.48. The number of carbonyl (C=O) groups is 2. The van der Waals surface area contributed by atoms with Crippen LogP contribution in [0.3, 0.4) is 0 Å². The van der Waals surface area contributed by atoms with Gasteiger partial charge in [0.2, 0.25) is 11.8 Å². The molecule has 1 saturated carbocycles. The number of halogens is 1. The Labute approximate surface area is 116 Å². The molecule has 0 bridgehead atoms. The molecule has 2 amide bonds. The molecule has 1 atom stereocenters. The molecule has 2 aliphatic rings. The lowest BCUT2D eigenvalue weighted by Crippen LogP contribution is -2.47. The third-order valence-electron chi connectivity index (χ3n) is 3.90. The summed E-state index contributed by atoms with van der Waals surface area (Å²) in [5.74, 6) is -0.291. The molecule has 1 spiro atoms. The maximum atomic E-state index is 12.2. The zero-order valence-corrected chi connectivity index (χ0v) is 11.2. The van der Waals surface area contributed by atoms with E-state index in [2.05, 4.69) is 5.32 Å². The number of amides is 2. The molecule has 5 heteroatoms. The van der Waals surface area contributed by atoms with Gasteiger partial charge in [-0.15, -0.1) is 11.6 Å². The van der Waals surface area contributed by atoms with E-state index in [1.165, 1.54) is 0 Å². The van der Waals surface area contributed by atoms with E-state index >= 15 is 0 Å². The Kier molecular flexibility index (Phi) is 2.97. The van der Waals surface area contributed by atoms with Crippen molar-refractivity contribution in [1.29, 1.82) is 0 Å². The van der Waals surface area contributed by atoms with E-state index in [1.54, 1.807) is 4.90 Å². The highest BCUT2D eigenvalue weighted by molar-refractivity contribution is 6.32. The second kappa shape index (κ2) is 4.53. The largest absolute Gasteiger partial charge is 0.346 e. The number of rotatable bonds is 2. The van der Waals surface area contributed by atoms with Gasteiger partial charge in [-0.2, -0.15) is 0 Å². The minimum absolute atomic E-state index is 0.0383. The van der Waals surface area contributed by atoms with Gasteiger partial charge in [0.25, 0.3) is 0 Å². The van der Waals surface area contributed by atoms with Crippen molar-refractivity contribution in [3.63, 3.8) is 0 Å². The summed E-state index contributed by atoms with van der Waals surface area (Å²) in [5, 5.41) is 1.94. The van der Waals surface area contributed by atoms with Crippen molar-refractivity contribution < 1.29 is 9.59 Å². The number of benzene rings is 1. The zero-order valence-electron chi connectivity index (χ0n) is 10.4.